The van der Waals surface area contributed by atoms with Crippen molar-refractivity contribution < 1.29 is 0 Å². The van der Waals surface area contributed by atoms with Gasteiger partial charge < -0.3 is 9.88 Å². The van der Waals surface area contributed by atoms with Crippen molar-refractivity contribution in [3.05, 3.63) is 12.2 Å². The molecule has 5 heteroatoms. The fourth-order valence-electron chi connectivity index (χ4n) is 3.07. The Hall–Kier alpha value is -0.940. The maximum Gasteiger partial charge on any atom is 0.147 e. The number of hydrogen-bond acceptors (Lipinski definition) is 4. The Kier molecular flexibility index (Phi) is 5.16. The molecule has 0 aromatic carbocycles. The van der Waals surface area contributed by atoms with Gasteiger partial charge in [-0.3, -0.25) is 4.90 Å². The highest BCUT2D eigenvalue weighted by Crippen LogP contribution is 2.25. The molecule has 1 aliphatic rings. The second-order valence-electron chi connectivity index (χ2n) is 6.75. The third-order valence-corrected chi connectivity index (χ3v) is 4.11. The monoisotopic (exact) mass is 279 g/mol. The topological polar surface area (TPSA) is 46.0 Å². The Morgan fingerprint density at radius 3 is 2.90 bits per heavy atom. The standard InChI is InChI=1S/C15H29N5/c1-5-6-15(4,10-16-13(2)3)11-19-7-8-20-12-17-18-14(20)9-19/h12-13,16H,5-11H2,1-4H3. The van der Waals surface area contributed by atoms with Crippen molar-refractivity contribution in [3.8, 4) is 0 Å². The smallest absolute Gasteiger partial charge is 0.147 e. The average molecular weight is 279 g/mol. The van der Waals surface area contributed by atoms with Crippen LogP contribution in [0.5, 0.6) is 0 Å². The van der Waals surface area contributed by atoms with Gasteiger partial charge in [0.15, 0.2) is 0 Å². The molecule has 0 amide bonds. The van der Waals surface area contributed by atoms with Crippen molar-refractivity contribution in [1.82, 2.24) is 25.0 Å². The minimum absolute atomic E-state index is 0.335. The van der Waals surface area contributed by atoms with E-state index < -0.39 is 0 Å². The second kappa shape index (κ2) is 6.68. The van der Waals surface area contributed by atoms with Crippen LogP contribution in [0.25, 0.3) is 0 Å². The van der Waals surface area contributed by atoms with E-state index >= 15 is 0 Å². The van der Waals surface area contributed by atoms with E-state index in [2.05, 4.69) is 52.7 Å². The molecule has 1 unspecified atom stereocenters. The molecule has 1 N–H and O–H groups in total. The first-order valence-corrected chi connectivity index (χ1v) is 7.85. The van der Waals surface area contributed by atoms with E-state index in [1.807, 2.05) is 6.33 Å². The Labute approximate surface area is 122 Å². The summed E-state index contributed by atoms with van der Waals surface area (Å²) >= 11 is 0. The molecule has 0 spiro atoms. The van der Waals surface area contributed by atoms with E-state index in [-0.39, 0.29) is 0 Å². The van der Waals surface area contributed by atoms with Crippen LogP contribution in [-0.4, -0.2) is 45.3 Å². The average Bonchev–Trinajstić information content (AvgIpc) is 2.84. The zero-order chi connectivity index (χ0) is 14.6. The number of hydrogen-bond donors (Lipinski definition) is 1. The second-order valence-corrected chi connectivity index (χ2v) is 6.75. The molecule has 1 aromatic heterocycles. The van der Waals surface area contributed by atoms with Gasteiger partial charge in [-0.05, 0) is 11.8 Å². The minimum atomic E-state index is 0.335. The SMILES string of the molecule is CCCC(C)(CNC(C)C)CN1CCn2cnnc2C1. The van der Waals surface area contributed by atoms with Gasteiger partial charge in [0.05, 0.1) is 6.54 Å². The molecular weight excluding hydrogens is 250 g/mol. The quantitative estimate of drug-likeness (QED) is 0.828. The highest BCUT2D eigenvalue weighted by molar-refractivity contribution is 4.92. The maximum atomic E-state index is 4.21. The normalized spacial score (nSPS) is 19.1. The Bertz CT molecular complexity index is 414. The van der Waals surface area contributed by atoms with Crippen LogP contribution in [0.4, 0.5) is 0 Å². The number of rotatable bonds is 7. The number of aromatic nitrogens is 3. The van der Waals surface area contributed by atoms with Gasteiger partial charge in [0.2, 0.25) is 0 Å². The third-order valence-electron chi connectivity index (χ3n) is 4.11. The van der Waals surface area contributed by atoms with Crippen LogP contribution in [0.1, 0.15) is 46.4 Å². The summed E-state index contributed by atoms with van der Waals surface area (Å²) in [6.45, 7) is 14.4. The maximum absolute atomic E-state index is 4.21. The molecule has 2 heterocycles. The lowest BCUT2D eigenvalue weighted by Gasteiger charge is -2.37. The van der Waals surface area contributed by atoms with E-state index in [4.69, 9.17) is 0 Å². The van der Waals surface area contributed by atoms with Crippen molar-refractivity contribution >= 4 is 0 Å². The first-order chi connectivity index (χ1) is 9.52. The van der Waals surface area contributed by atoms with Crippen molar-refractivity contribution in [3.63, 3.8) is 0 Å². The van der Waals surface area contributed by atoms with E-state index in [0.29, 0.717) is 11.5 Å². The van der Waals surface area contributed by atoms with Crippen molar-refractivity contribution in [2.75, 3.05) is 19.6 Å². The highest BCUT2D eigenvalue weighted by atomic mass is 15.3. The molecule has 1 atom stereocenters. The molecule has 0 bridgehead atoms. The van der Waals surface area contributed by atoms with Gasteiger partial charge in [-0.1, -0.05) is 34.1 Å². The summed E-state index contributed by atoms with van der Waals surface area (Å²) in [6.07, 6.45) is 4.34. The summed E-state index contributed by atoms with van der Waals surface area (Å²) < 4.78 is 2.17. The van der Waals surface area contributed by atoms with Crippen LogP contribution in [0.15, 0.2) is 6.33 Å². The Morgan fingerprint density at radius 1 is 1.40 bits per heavy atom. The summed E-state index contributed by atoms with van der Waals surface area (Å²) in [5, 5.41) is 11.8. The van der Waals surface area contributed by atoms with Crippen LogP contribution in [0.3, 0.4) is 0 Å². The van der Waals surface area contributed by atoms with E-state index in [9.17, 15) is 0 Å². The van der Waals surface area contributed by atoms with Crippen LogP contribution in [-0.2, 0) is 13.1 Å². The van der Waals surface area contributed by atoms with E-state index in [1.165, 1.54) is 12.8 Å². The lowest BCUT2D eigenvalue weighted by molar-refractivity contribution is 0.121. The van der Waals surface area contributed by atoms with Gasteiger partial charge in [0.25, 0.3) is 0 Å². The van der Waals surface area contributed by atoms with Crippen LogP contribution in [0.2, 0.25) is 0 Å². The van der Waals surface area contributed by atoms with Crippen molar-refractivity contribution in [2.24, 2.45) is 5.41 Å². The predicted octanol–water partition coefficient (Wildman–Crippen LogP) is 1.90. The first-order valence-electron chi connectivity index (χ1n) is 7.85. The van der Waals surface area contributed by atoms with Crippen LogP contribution in [0, 0.1) is 5.41 Å². The van der Waals surface area contributed by atoms with E-state index in [1.54, 1.807) is 0 Å². The van der Waals surface area contributed by atoms with Crippen molar-refractivity contribution in [2.45, 2.75) is 59.7 Å². The molecule has 20 heavy (non-hydrogen) atoms. The molecule has 0 saturated heterocycles. The molecule has 0 radical (unpaired) electrons. The zero-order valence-electron chi connectivity index (χ0n) is 13.4. The number of fused-ring (bicyclic) bond motifs is 1. The van der Waals surface area contributed by atoms with E-state index in [0.717, 1.165) is 38.5 Å². The molecule has 1 aliphatic heterocycles. The van der Waals surface area contributed by atoms with Crippen LogP contribution >= 0.6 is 0 Å². The summed E-state index contributed by atoms with van der Waals surface area (Å²) in [6, 6.07) is 0.552. The Balaban J connectivity index is 1.94. The number of nitrogens with zero attached hydrogens (tertiary/aromatic N) is 4. The first kappa shape index (κ1) is 15.4. The van der Waals surface area contributed by atoms with Crippen molar-refractivity contribution in [1.29, 1.82) is 0 Å². The largest absolute Gasteiger partial charge is 0.315 e. The molecule has 0 saturated carbocycles. The van der Waals surface area contributed by atoms with Gasteiger partial charge in [-0.25, -0.2) is 0 Å². The molecular formula is C15H29N5. The summed E-state index contributed by atoms with van der Waals surface area (Å²) in [7, 11) is 0. The van der Waals surface area contributed by atoms with Gasteiger partial charge >= 0.3 is 0 Å². The fourth-order valence-corrected chi connectivity index (χ4v) is 3.07. The summed E-state index contributed by atoms with van der Waals surface area (Å²) in [5.74, 6) is 1.10. The molecule has 5 nitrogen and oxygen atoms in total. The molecule has 0 fully saturated rings. The van der Waals surface area contributed by atoms with Gasteiger partial charge in [-0.15, -0.1) is 10.2 Å². The number of nitrogens with one attached hydrogen (secondary N) is 1. The molecule has 114 valence electrons. The predicted molar refractivity (Wildman–Crippen MR) is 81.5 cm³/mol. The van der Waals surface area contributed by atoms with Gasteiger partial charge in [0.1, 0.15) is 12.2 Å². The van der Waals surface area contributed by atoms with Gasteiger partial charge in [0, 0.05) is 32.2 Å². The summed E-state index contributed by atoms with van der Waals surface area (Å²) in [5.41, 5.74) is 0.335. The lowest BCUT2D eigenvalue weighted by Crippen LogP contribution is -2.46. The third kappa shape index (κ3) is 4.03. The Morgan fingerprint density at radius 2 is 2.20 bits per heavy atom. The zero-order valence-corrected chi connectivity index (χ0v) is 13.4. The molecule has 2 rings (SSSR count). The molecule has 0 aliphatic carbocycles. The fraction of sp³-hybridized carbons (Fsp3) is 0.867. The highest BCUT2D eigenvalue weighted by Gasteiger charge is 2.28. The van der Waals surface area contributed by atoms with Crippen LogP contribution < -0.4 is 5.32 Å². The lowest BCUT2D eigenvalue weighted by atomic mass is 9.84. The summed E-state index contributed by atoms with van der Waals surface area (Å²) in [4.78, 5) is 2.53. The molecule has 1 aromatic rings. The minimum Gasteiger partial charge on any atom is -0.315 e. The van der Waals surface area contributed by atoms with Gasteiger partial charge in [-0.2, -0.15) is 0 Å².